The van der Waals surface area contributed by atoms with Gasteiger partial charge in [-0.2, -0.15) is 0 Å². The second kappa shape index (κ2) is 9.83. The summed E-state index contributed by atoms with van der Waals surface area (Å²) in [5, 5.41) is 9.26. The average molecular weight is 309 g/mol. The smallest absolute Gasteiger partial charge is 0.115 e. The van der Waals surface area contributed by atoms with Gasteiger partial charge in [0, 0.05) is 6.21 Å². The molecular formula is C21H27NO. The molecule has 0 heterocycles. The number of aromatic hydroxyl groups is 1. The summed E-state index contributed by atoms with van der Waals surface area (Å²) in [6.45, 7) is 2.26. The molecule has 122 valence electrons. The number of benzene rings is 2. The van der Waals surface area contributed by atoms with Crippen LogP contribution in [0, 0.1) is 0 Å². The molecule has 0 aliphatic heterocycles. The van der Waals surface area contributed by atoms with E-state index in [4.69, 9.17) is 0 Å². The Morgan fingerprint density at radius 3 is 2.17 bits per heavy atom. The maximum absolute atomic E-state index is 9.26. The number of hydrogen-bond donors (Lipinski definition) is 1. The topological polar surface area (TPSA) is 32.6 Å². The van der Waals surface area contributed by atoms with Gasteiger partial charge in [0.15, 0.2) is 0 Å². The zero-order valence-electron chi connectivity index (χ0n) is 14.0. The van der Waals surface area contributed by atoms with E-state index in [1.807, 2.05) is 18.3 Å². The third kappa shape index (κ3) is 6.68. The number of hydrogen-bond acceptors (Lipinski definition) is 2. The van der Waals surface area contributed by atoms with Crippen molar-refractivity contribution in [3.63, 3.8) is 0 Å². The summed E-state index contributed by atoms with van der Waals surface area (Å²) in [6.07, 6.45) is 11.0. The van der Waals surface area contributed by atoms with E-state index in [0.717, 1.165) is 17.7 Å². The molecule has 0 bridgehead atoms. The largest absolute Gasteiger partial charge is 0.508 e. The van der Waals surface area contributed by atoms with Gasteiger partial charge in [0.2, 0.25) is 0 Å². The van der Waals surface area contributed by atoms with Crippen LogP contribution in [0.25, 0.3) is 0 Å². The highest BCUT2D eigenvalue weighted by molar-refractivity contribution is 5.82. The lowest BCUT2D eigenvalue weighted by Gasteiger charge is -2.02. The Morgan fingerprint density at radius 1 is 0.826 bits per heavy atom. The Labute approximate surface area is 139 Å². The van der Waals surface area contributed by atoms with Crippen molar-refractivity contribution < 1.29 is 5.11 Å². The summed E-state index contributed by atoms with van der Waals surface area (Å²) in [4.78, 5) is 4.47. The van der Waals surface area contributed by atoms with Gasteiger partial charge in [-0.25, -0.2) is 0 Å². The van der Waals surface area contributed by atoms with Crippen LogP contribution in [-0.2, 0) is 6.42 Å². The van der Waals surface area contributed by atoms with Crippen molar-refractivity contribution in [2.75, 3.05) is 0 Å². The van der Waals surface area contributed by atoms with Gasteiger partial charge in [-0.3, -0.25) is 4.99 Å². The van der Waals surface area contributed by atoms with E-state index >= 15 is 0 Å². The maximum atomic E-state index is 9.26. The number of aliphatic imine (C=N–C) groups is 1. The standard InChI is InChI=1S/C21H27NO/c1-2-3-4-5-6-7-8-18-9-13-20(14-10-18)22-17-19-11-15-21(23)16-12-19/h9-17,23H,2-8H2,1H3. The van der Waals surface area contributed by atoms with Gasteiger partial charge in [-0.1, -0.05) is 51.2 Å². The molecule has 0 aliphatic rings. The molecule has 0 atom stereocenters. The van der Waals surface area contributed by atoms with Crippen molar-refractivity contribution in [2.24, 2.45) is 4.99 Å². The first kappa shape index (κ1) is 17.3. The zero-order valence-corrected chi connectivity index (χ0v) is 14.0. The lowest BCUT2D eigenvalue weighted by molar-refractivity contribution is 0.475. The summed E-state index contributed by atoms with van der Waals surface area (Å²) in [7, 11) is 0. The summed E-state index contributed by atoms with van der Waals surface area (Å²) in [5.74, 6) is 0.279. The molecule has 0 aliphatic carbocycles. The second-order valence-corrected chi connectivity index (χ2v) is 6.03. The first-order valence-electron chi connectivity index (χ1n) is 8.70. The fraction of sp³-hybridized carbons (Fsp3) is 0.381. The molecule has 2 heteroatoms. The zero-order chi connectivity index (χ0) is 16.3. The van der Waals surface area contributed by atoms with Crippen LogP contribution in [0.2, 0.25) is 0 Å². The van der Waals surface area contributed by atoms with E-state index in [-0.39, 0.29) is 5.75 Å². The van der Waals surface area contributed by atoms with Crippen molar-refractivity contribution in [3.05, 3.63) is 59.7 Å². The number of nitrogens with zero attached hydrogens (tertiary/aromatic N) is 1. The predicted octanol–water partition coefficient (Wildman–Crippen LogP) is 6.05. The average Bonchev–Trinajstić information content (AvgIpc) is 2.58. The summed E-state index contributed by atoms with van der Waals surface area (Å²) in [6, 6.07) is 15.5. The molecule has 0 unspecified atom stereocenters. The number of phenolic OH excluding ortho intramolecular Hbond substituents is 1. The monoisotopic (exact) mass is 309 g/mol. The lowest BCUT2D eigenvalue weighted by Crippen LogP contribution is -1.86. The van der Waals surface area contributed by atoms with Gasteiger partial charge in [-0.05, 0) is 60.4 Å². The van der Waals surface area contributed by atoms with Crippen LogP contribution in [0.4, 0.5) is 5.69 Å². The first-order valence-corrected chi connectivity index (χ1v) is 8.70. The molecule has 1 N–H and O–H groups in total. The molecular weight excluding hydrogens is 282 g/mol. The SMILES string of the molecule is CCCCCCCCc1ccc(N=Cc2ccc(O)cc2)cc1. The molecule has 0 saturated carbocycles. The van der Waals surface area contributed by atoms with E-state index < -0.39 is 0 Å². The van der Waals surface area contributed by atoms with Gasteiger partial charge in [0.1, 0.15) is 5.75 Å². The Morgan fingerprint density at radius 2 is 1.48 bits per heavy atom. The number of aryl methyl sites for hydroxylation is 1. The molecule has 2 nitrogen and oxygen atoms in total. The van der Waals surface area contributed by atoms with Crippen LogP contribution in [0.15, 0.2) is 53.5 Å². The summed E-state index contributed by atoms with van der Waals surface area (Å²) >= 11 is 0. The highest BCUT2D eigenvalue weighted by Gasteiger charge is 1.95. The van der Waals surface area contributed by atoms with Crippen molar-refractivity contribution in [1.82, 2.24) is 0 Å². The quantitative estimate of drug-likeness (QED) is 0.444. The molecule has 23 heavy (non-hydrogen) atoms. The molecule has 0 aromatic heterocycles. The van der Waals surface area contributed by atoms with E-state index in [1.165, 1.54) is 44.1 Å². The van der Waals surface area contributed by atoms with Crippen LogP contribution in [0.1, 0.15) is 56.6 Å². The fourth-order valence-corrected chi connectivity index (χ4v) is 2.57. The van der Waals surface area contributed by atoms with Gasteiger partial charge < -0.3 is 5.11 Å². The van der Waals surface area contributed by atoms with Crippen molar-refractivity contribution in [1.29, 1.82) is 0 Å². The molecule has 0 saturated heterocycles. The molecule has 0 spiro atoms. The van der Waals surface area contributed by atoms with Crippen LogP contribution < -0.4 is 0 Å². The van der Waals surface area contributed by atoms with E-state index in [0.29, 0.717) is 0 Å². The minimum atomic E-state index is 0.279. The highest BCUT2D eigenvalue weighted by Crippen LogP contribution is 2.16. The Hall–Kier alpha value is -2.09. The first-order chi connectivity index (χ1) is 11.3. The Kier molecular flexibility index (Phi) is 7.38. The van der Waals surface area contributed by atoms with E-state index in [2.05, 4.69) is 36.2 Å². The predicted molar refractivity (Wildman–Crippen MR) is 98.9 cm³/mol. The third-order valence-corrected chi connectivity index (χ3v) is 4.01. The third-order valence-electron chi connectivity index (χ3n) is 4.01. The minimum absolute atomic E-state index is 0.279. The normalized spacial score (nSPS) is 11.2. The number of unbranched alkanes of at least 4 members (excludes halogenated alkanes) is 5. The molecule has 0 radical (unpaired) electrons. The number of rotatable bonds is 9. The maximum Gasteiger partial charge on any atom is 0.115 e. The molecule has 0 amide bonds. The Balaban J connectivity index is 1.76. The molecule has 2 aromatic carbocycles. The number of phenols is 1. The van der Waals surface area contributed by atoms with Crippen LogP contribution in [0.5, 0.6) is 5.75 Å². The van der Waals surface area contributed by atoms with Crippen LogP contribution in [0.3, 0.4) is 0 Å². The van der Waals surface area contributed by atoms with Gasteiger partial charge in [-0.15, -0.1) is 0 Å². The van der Waals surface area contributed by atoms with Crippen molar-refractivity contribution in [2.45, 2.75) is 51.9 Å². The minimum Gasteiger partial charge on any atom is -0.508 e. The van der Waals surface area contributed by atoms with Crippen LogP contribution in [-0.4, -0.2) is 11.3 Å². The van der Waals surface area contributed by atoms with Gasteiger partial charge in [0.05, 0.1) is 5.69 Å². The summed E-state index contributed by atoms with van der Waals surface area (Å²) < 4.78 is 0. The van der Waals surface area contributed by atoms with E-state index in [1.54, 1.807) is 12.1 Å². The van der Waals surface area contributed by atoms with E-state index in [9.17, 15) is 5.11 Å². The Bertz CT molecular complexity index is 584. The fourth-order valence-electron chi connectivity index (χ4n) is 2.57. The van der Waals surface area contributed by atoms with Crippen molar-refractivity contribution in [3.8, 4) is 5.75 Å². The van der Waals surface area contributed by atoms with Crippen molar-refractivity contribution >= 4 is 11.9 Å². The second-order valence-electron chi connectivity index (χ2n) is 6.03. The molecule has 0 fully saturated rings. The summed E-state index contributed by atoms with van der Waals surface area (Å²) in [5.41, 5.74) is 3.34. The molecule has 2 aromatic rings. The van der Waals surface area contributed by atoms with Gasteiger partial charge in [0.25, 0.3) is 0 Å². The lowest BCUT2D eigenvalue weighted by atomic mass is 10.0. The molecule has 2 rings (SSSR count). The highest BCUT2D eigenvalue weighted by atomic mass is 16.3. The van der Waals surface area contributed by atoms with Gasteiger partial charge >= 0.3 is 0 Å². The van der Waals surface area contributed by atoms with Crippen LogP contribution >= 0.6 is 0 Å².